The lowest BCUT2D eigenvalue weighted by atomic mass is 10.0. The van der Waals surface area contributed by atoms with Crippen LogP contribution in [0.1, 0.15) is 44.4 Å². The van der Waals surface area contributed by atoms with Crippen molar-refractivity contribution in [3.8, 4) is 0 Å². The summed E-state index contributed by atoms with van der Waals surface area (Å²) in [5, 5.41) is 18.2. The van der Waals surface area contributed by atoms with Crippen LogP contribution < -0.4 is 27.4 Å². The van der Waals surface area contributed by atoms with Crippen LogP contribution in [0.15, 0.2) is 43.0 Å². The summed E-state index contributed by atoms with van der Waals surface area (Å²) in [6.07, 6.45) is 4.60. The van der Waals surface area contributed by atoms with E-state index in [4.69, 9.17) is 11.5 Å². The molecule has 0 radical (unpaired) electrons. The Morgan fingerprint density at radius 2 is 1.60 bits per heavy atom. The number of hydrogen-bond donors (Lipinski definition) is 8. The van der Waals surface area contributed by atoms with Gasteiger partial charge in [-0.15, -0.1) is 0 Å². The quantitative estimate of drug-likeness (QED) is 0.113. The van der Waals surface area contributed by atoms with E-state index in [-0.39, 0.29) is 38.0 Å². The number of benzene rings is 1. The standard InChI is InChI=1S/C28H38N8O6/c1-15(2)9-22(27(40)36-23(28(41)42)11-17-13-31-14-33-17)35-26(39)21(7-8-24(30)37)34-25(38)19(29)10-16-12-32-20-6-4-3-5-18(16)20/h3-6,12-15,19,21-23,32H,7-11,29H2,1-2H3,(H2,30,37)(H,31,33)(H,34,38)(H,35,39)(H,36,40)(H,41,42). The van der Waals surface area contributed by atoms with Crippen molar-refractivity contribution in [3.63, 3.8) is 0 Å². The van der Waals surface area contributed by atoms with Gasteiger partial charge in [0, 0.05) is 41.8 Å². The Bertz CT molecular complexity index is 1390. The number of rotatable bonds is 16. The van der Waals surface area contributed by atoms with Gasteiger partial charge >= 0.3 is 5.97 Å². The Morgan fingerprint density at radius 3 is 2.24 bits per heavy atom. The number of nitrogens with one attached hydrogen (secondary N) is 5. The molecule has 226 valence electrons. The molecular formula is C28H38N8O6. The number of nitrogens with zero attached hydrogens (tertiary/aromatic N) is 1. The van der Waals surface area contributed by atoms with Gasteiger partial charge in [-0.05, 0) is 36.8 Å². The molecule has 2 aromatic heterocycles. The second-order valence-corrected chi connectivity index (χ2v) is 10.6. The molecule has 4 amide bonds. The van der Waals surface area contributed by atoms with Crippen molar-refractivity contribution in [2.24, 2.45) is 17.4 Å². The van der Waals surface area contributed by atoms with Gasteiger partial charge in [-0.3, -0.25) is 19.2 Å². The molecule has 0 bridgehead atoms. The highest BCUT2D eigenvalue weighted by atomic mass is 16.4. The molecule has 0 fully saturated rings. The summed E-state index contributed by atoms with van der Waals surface area (Å²) in [5.41, 5.74) is 13.7. The van der Waals surface area contributed by atoms with E-state index in [2.05, 4.69) is 30.9 Å². The van der Waals surface area contributed by atoms with Gasteiger partial charge in [-0.2, -0.15) is 0 Å². The van der Waals surface area contributed by atoms with Gasteiger partial charge in [0.25, 0.3) is 0 Å². The number of carboxylic acid groups (broad SMARTS) is 1. The average molecular weight is 583 g/mol. The molecule has 4 unspecified atom stereocenters. The zero-order chi connectivity index (χ0) is 30.8. The van der Waals surface area contributed by atoms with Crippen LogP contribution in [0.25, 0.3) is 10.9 Å². The fourth-order valence-corrected chi connectivity index (χ4v) is 4.53. The summed E-state index contributed by atoms with van der Waals surface area (Å²) in [5.74, 6) is -4.06. The molecule has 10 N–H and O–H groups in total. The number of hydrogen-bond acceptors (Lipinski definition) is 7. The molecule has 14 heteroatoms. The maximum Gasteiger partial charge on any atom is 0.326 e. The van der Waals surface area contributed by atoms with Crippen molar-refractivity contribution in [2.45, 2.75) is 70.1 Å². The molecule has 0 saturated heterocycles. The average Bonchev–Trinajstić information content (AvgIpc) is 3.59. The van der Waals surface area contributed by atoms with Crippen molar-refractivity contribution >= 4 is 40.5 Å². The number of primary amides is 1. The molecule has 14 nitrogen and oxygen atoms in total. The smallest absolute Gasteiger partial charge is 0.326 e. The number of H-pyrrole nitrogens is 2. The summed E-state index contributed by atoms with van der Waals surface area (Å²) in [6.45, 7) is 3.67. The molecular weight excluding hydrogens is 544 g/mol. The van der Waals surface area contributed by atoms with Crippen molar-refractivity contribution in [3.05, 3.63) is 54.2 Å². The topological polar surface area (TPSA) is 238 Å². The van der Waals surface area contributed by atoms with E-state index in [1.165, 1.54) is 12.5 Å². The number of aliphatic carboxylic acids is 1. The fourth-order valence-electron chi connectivity index (χ4n) is 4.53. The Balaban J connectivity index is 1.70. The SMILES string of the molecule is CC(C)CC(NC(=O)C(CCC(N)=O)NC(=O)C(N)Cc1c[nH]c2ccccc12)C(=O)NC(Cc1cnc[nH]1)C(=O)O. The highest BCUT2D eigenvalue weighted by Gasteiger charge is 2.31. The molecule has 2 heterocycles. The van der Waals surface area contributed by atoms with Crippen LogP contribution in [0.3, 0.4) is 0 Å². The van der Waals surface area contributed by atoms with E-state index >= 15 is 0 Å². The van der Waals surface area contributed by atoms with E-state index in [1.54, 1.807) is 6.20 Å². The van der Waals surface area contributed by atoms with Gasteiger partial charge in [-0.1, -0.05) is 32.0 Å². The number of carbonyl (C=O) groups excluding carboxylic acids is 4. The Hall–Kier alpha value is -4.72. The third kappa shape index (κ3) is 9.16. The first-order valence-electron chi connectivity index (χ1n) is 13.6. The number of carbonyl (C=O) groups is 5. The lowest BCUT2D eigenvalue weighted by Gasteiger charge is -2.26. The second-order valence-electron chi connectivity index (χ2n) is 10.6. The molecule has 3 aromatic rings. The van der Waals surface area contributed by atoms with Gasteiger partial charge < -0.3 is 42.5 Å². The van der Waals surface area contributed by atoms with Crippen molar-refractivity contribution in [1.82, 2.24) is 30.9 Å². The fraction of sp³-hybridized carbons (Fsp3) is 0.429. The minimum absolute atomic E-state index is 0.0466. The Labute approximate surface area is 242 Å². The highest BCUT2D eigenvalue weighted by Crippen LogP contribution is 2.19. The number of aromatic nitrogens is 3. The first kappa shape index (κ1) is 31.8. The summed E-state index contributed by atoms with van der Waals surface area (Å²) in [6, 6.07) is 2.92. The first-order chi connectivity index (χ1) is 19.9. The third-order valence-corrected chi connectivity index (χ3v) is 6.70. The largest absolute Gasteiger partial charge is 0.480 e. The number of imidazole rings is 1. The minimum Gasteiger partial charge on any atom is -0.480 e. The highest BCUT2D eigenvalue weighted by molar-refractivity contribution is 5.94. The number of nitrogens with two attached hydrogens (primary N) is 2. The summed E-state index contributed by atoms with van der Waals surface area (Å²) in [4.78, 5) is 72.6. The normalized spacial score (nSPS) is 14.1. The van der Waals surface area contributed by atoms with Crippen LogP contribution in [0.2, 0.25) is 0 Å². The van der Waals surface area contributed by atoms with E-state index in [1.807, 2.05) is 38.1 Å². The summed E-state index contributed by atoms with van der Waals surface area (Å²) in [7, 11) is 0. The van der Waals surface area contributed by atoms with Gasteiger partial charge in [-0.25, -0.2) is 9.78 Å². The first-order valence-corrected chi connectivity index (χ1v) is 13.6. The van der Waals surface area contributed by atoms with Crippen molar-refractivity contribution < 1.29 is 29.1 Å². The van der Waals surface area contributed by atoms with Crippen LogP contribution in [-0.4, -0.2) is 73.8 Å². The molecule has 1 aromatic carbocycles. The summed E-state index contributed by atoms with van der Waals surface area (Å²) < 4.78 is 0. The molecule has 4 atom stereocenters. The molecule has 0 aliphatic carbocycles. The Kier molecular flexibility index (Phi) is 11.2. The third-order valence-electron chi connectivity index (χ3n) is 6.70. The van der Waals surface area contributed by atoms with E-state index in [9.17, 15) is 29.1 Å². The monoisotopic (exact) mass is 582 g/mol. The molecule has 3 rings (SSSR count). The minimum atomic E-state index is -1.28. The van der Waals surface area contributed by atoms with Gasteiger partial charge in [0.1, 0.15) is 18.1 Å². The van der Waals surface area contributed by atoms with Crippen LogP contribution in [0, 0.1) is 5.92 Å². The lowest BCUT2D eigenvalue weighted by Crippen LogP contribution is -2.57. The molecule has 0 saturated carbocycles. The number of aromatic amines is 2. The lowest BCUT2D eigenvalue weighted by molar-refractivity contribution is -0.142. The number of carboxylic acids is 1. The Morgan fingerprint density at radius 1 is 0.929 bits per heavy atom. The molecule has 0 spiro atoms. The van der Waals surface area contributed by atoms with Gasteiger partial charge in [0.15, 0.2) is 0 Å². The van der Waals surface area contributed by atoms with Crippen LogP contribution in [0.4, 0.5) is 0 Å². The second kappa shape index (κ2) is 14.8. The van der Waals surface area contributed by atoms with E-state index in [0.717, 1.165) is 16.5 Å². The number of fused-ring (bicyclic) bond motifs is 1. The number of amides is 4. The van der Waals surface area contributed by atoms with Crippen molar-refractivity contribution in [1.29, 1.82) is 0 Å². The van der Waals surface area contributed by atoms with Crippen LogP contribution in [0.5, 0.6) is 0 Å². The predicted molar refractivity (Wildman–Crippen MR) is 154 cm³/mol. The number of para-hydroxylation sites is 1. The maximum absolute atomic E-state index is 13.3. The van der Waals surface area contributed by atoms with E-state index in [0.29, 0.717) is 5.69 Å². The van der Waals surface area contributed by atoms with Crippen molar-refractivity contribution in [2.75, 3.05) is 0 Å². The molecule has 42 heavy (non-hydrogen) atoms. The van der Waals surface area contributed by atoms with Crippen LogP contribution >= 0.6 is 0 Å². The maximum atomic E-state index is 13.3. The van der Waals surface area contributed by atoms with Gasteiger partial charge in [0.2, 0.25) is 23.6 Å². The van der Waals surface area contributed by atoms with E-state index < -0.39 is 53.8 Å². The molecule has 0 aliphatic rings. The van der Waals surface area contributed by atoms with Gasteiger partial charge in [0.05, 0.1) is 12.4 Å². The predicted octanol–water partition coefficient (Wildman–Crippen LogP) is -0.146. The zero-order valence-corrected chi connectivity index (χ0v) is 23.6. The summed E-state index contributed by atoms with van der Waals surface area (Å²) >= 11 is 0. The van der Waals surface area contributed by atoms with Crippen LogP contribution in [-0.2, 0) is 36.8 Å². The zero-order valence-electron chi connectivity index (χ0n) is 23.6. The molecule has 0 aliphatic heterocycles.